The molecule has 1 aromatic rings. The number of likely N-dealkylation sites (N-methyl/N-ethyl adjacent to an activating group) is 1. The van der Waals surface area contributed by atoms with Crippen LogP contribution < -0.4 is 11.1 Å². The van der Waals surface area contributed by atoms with Crippen LogP contribution in [0, 0.1) is 23.7 Å². The Balaban J connectivity index is 1.62. The second-order valence-corrected chi connectivity index (χ2v) is 11.4. The van der Waals surface area contributed by atoms with Gasteiger partial charge in [0.05, 0.1) is 35.2 Å². The third-order valence-electron chi connectivity index (χ3n) is 9.17. The molecule has 1 amide bonds. The molecule has 40 heavy (non-hydrogen) atoms. The van der Waals surface area contributed by atoms with Crippen molar-refractivity contribution in [3.8, 4) is 5.75 Å². The lowest BCUT2D eigenvalue weighted by molar-refractivity contribution is -0.196. The summed E-state index contributed by atoms with van der Waals surface area (Å²) in [6, 6.07) is 1.85. The van der Waals surface area contributed by atoms with E-state index in [2.05, 4.69) is 5.32 Å². The molecule has 1 aromatic carbocycles. The van der Waals surface area contributed by atoms with Gasteiger partial charge in [0.15, 0.2) is 34.7 Å². The topological polar surface area (TPSA) is 187 Å². The zero-order chi connectivity index (χ0) is 29.4. The number of carbonyl (C=O) groups excluding carboxylic acids is 5. The maximum Gasteiger partial charge on any atom is 0.235 e. The molecule has 8 atom stereocenters. The maximum atomic E-state index is 14.0. The molecule has 0 saturated heterocycles. The number of phenols is 1. The summed E-state index contributed by atoms with van der Waals surface area (Å²) in [5.41, 5.74) is 4.74. The van der Waals surface area contributed by atoms with Crippen molar-refractivity contribution in [2.75, 3.05) is 19.4 Å². The first-order valence-corrected chi connectivity index (χ1v) is 13.3. The largest absolute Gasteiger partial charge is 0.505 e. The molecule has 2 fully saturated rings. The fourth-order valence-corrected chi connectivity index (χ4v) is 7.16. The number of amides is 1. The van der Waals surface area contributed by atoms with E-state index >= 15 is 0 Å². The van der Waals surface area contributed by atoms with Crippen molar-refractivity contribution >= 4 is 34.7 Å². The highest BCUT2D eigenvalue weighted by Gasteiger charge is 2.72. The molecule has 212 valence electrons. The Morgan fingerprint density at radius 3 is 2.42 bits per heavy atom. The number of aliphatic hydroxyl groups is 2. The quantitative estimate of drug-likeness (QED) is 0.254. The van der Waals surface area contributed by atoms with Gasteiger partial charge in [-0.3, -0.25) is 28.9 Å². The van der Waals surface area contributed by atoms with Gasteiger partial charge in [-0.25, -0.2) is 0 Å². The van der Waals surface area contributed by atoms with Crippen LogP contribution >= 0.6 is 0 Å². The number of anilines is 1. The third kappa shape index (κ3) is 3.64. The number of rotatable bonds is 5. The molecule has 2 unspecified atom stereocenters. The highest BCUT2D eigenvalue weighted by atomic mass is 16.3. The van der Waals surface area contributed by atoms with Crippen LogP contribution in [0.1, 0.15) is 48.5 Å². The fraction of sp³-hybridized carbons (Fsp3) is 0.483. The summed E-state index contributed by atoms with van der Waals surface area (Å²) in [6.45, 7) is 3.71. The van der Waals surface area contributed by atoms with Crippen molar-refractivity contribution in [1.82, 2.24) is 4.90 Å². The monoisotopic (exact) mass is 551 g/mol. The number of nitrogens with zero attached hydrogens (tertiary/aromatic N) is 1. The Morgan fingerprint density at radius 2 is 1.85 bits per heavy atom. The molecule has 5 rings (SSSR count). The molecular weight excluding hydrogens is 518 g/mol. The van der Waals surface area contributed by atoms with Crippen LogP contribution in [-0.4, -0.2) is 81.1 Å². The van der Waals surface area contributed by atoms with Gasteiger partial charge >= 0.3 is 0 Å². The number of carbonyl (C=O) groups is 5. The maximum absolute atomic E-state index is 14.0. The number of aromatic hydroxyl groups is 1. The molecule has 6 N–H and O–H groups in total. The third-order valence-corrected chi connectivity index (χ3v) is 9.17. The van der Waals surface area contributed by atoms with Gasteiger partial charge in [-0.15, -0.1) is 0 Å². The molecule has 0 aliphatic heterocycles. The highest BCUT2D eigenvalue weighted by Crippen LogP contribution is 2.55. The van der Waals surface area contributed by atoms with E-state index in [0.717, 1.165) is 18.5 Å². The minimum Gasteiger partial charge on any atom is -0.505 e. The molecule has 0 bridgehead atoms. The van der Waals surface area contributed by atoms with E-state index in [1.165, 1.54) is 24.6 Å². The molecule has 4 aliphatic rings. The summed E-state index contributed by atoms with van der Waals surface area (Å²) in [5.74, 6) is -13.4. The van der Waals surface area contributed by atoms with Crippen molar-refractivity contribution in [2.24, 2.45) is 29.4 Å². The van der Waals surface area contributed by atoms with Crippen LogP contribution in [0.25, 0.3) is 0 Å². The number of phenolic OH excluding ortho intramolecular Hbond substituents is 1. The van der Waals surface area contributed by atoms with E-state index in [-0.39, 0.29) is 11.3 Å². The molecule has 0 heterocycles. The normalized spacial score (nSPS) is 35.1. The number of hydrogen-bond donors (Lipinski definition) is 5. The minimum atomic E-state index is -3.02. The van der Waals surface area contributed by atoms with E-state index in [0.29, 0.717) is 5.56 Å². The number of fused-ring (bicyclic) bond motifs is 3. The van der Waals surface area contributed by atoms with Gasteiger partial charge in [0.2, 0.25) is 5.91 Å². The zero-order valence-corrected chi connectivity index (χ0v) is 22.7. The summed E-state index contributed by atoms with van der Waals surface area (Å²) >= 11 is 0. The molecule has 11 heteroatoms. The predicted molar refractivity (Wildman–Crippen MR) is 142 cm³/mol. The number of aliphatic hydroxyl groups excluding tert-OH is 1. The molecule has 11 nitrogen and oxygen atoms in total. The van der Waals surface area contributed by atoms with Gasteiger partial charge in [-0.1, -0.05) is 31.6 Å². The van der Waals surface area contributed by atoms with Gasteiger partial charge in [0, 0.05) is 11.6 Å². The Morgan fingerprint density at radius 1 is 1.18 bits per heavy atom. The average molecular weight is 552 g/mol. The smallest absolute Gasteiger partial charge is 0.235 e. The van der Waals surface area contributed by atoms with Crippen LogP contribution in [0.4, 0.5) is 5.69 Å². The molecule has 0 aromatic heterocycles. The van der Waals surface area contributed by atoms with Crippen molar-refractivity contribution in [3.05, 3.63) is 46.7 Å². The number of Topliss-reactive ketones (excluding diaryl/α,β-unsaturated/α-hetero) is 4. The zero-order valence-electron chi connectivity index (χ0n) is 22.7. The summed E-state index contributed by atoms with van der Waals surface area (Å²) in [5, 5.41) is 37.7. The van der Waals surface area contributed by atoms with Gasteiger partial charge in [0.25, 0.3) is 0 Å². The molecule has 2 saturated carbocycles. The van der Waals surface area contributed by atoms with Crippen molar-refractivity contribution < 1.29 is 39.3 Å². The van der Waals surface area contributed by atoms with Crippen LogP contribution in [-0.2, 0) is 19.2 Å². The summed E-state index contributed by atoms with van der Waals surface area (Å²) < 4.78 is 0. The van der Waals surface area contributed by atoms with Crippen LogP contribution in [0.3, 0.4) is 0 Å². The fourth-order valence-electron chi connectivity index (χ4n) is 7.16. The Hall–Kier alpha value is -3.67. The number of ketones is 4. The Bertz CT molecular complexity index is 1430. The van der Waals surface area contributed by atoms with E-state index < -0.39 is 82.1 Å². The first-order chi connectivity index (χ1) is 18.8. The Kier molecular flexibility index (Phi) is 6.60. The van der Waals surface area contributed by atoms with E-state index in [9.17, 15) is 39.3 Å². The standard InChI is InChI=1S/C29H33N3O8/c1-5-12-6-7-13(10-12)31-15-9-8-14-11(2)16-18(23(34)17(14)22(15)33)26(37)29(40)20(24(16)35)21(32(3)4)25(36)19(27(29)38)28(30)39/h7-11,16,18-21,24,31,33,35,40H,5-6H2,1-4H3,(H2,30,39)/t11-,16+,18?,19?,20+,21-,24-,29-/m0/s1. The summed E-state index contributed by atoms with van der Waals surface area (Å²) in [6.07, 6.45) is 3.85. The van der Waals surface area contributed by atoms with E-state index in [1.807, 2.05) is 19.1 Å². The molecule has 0 radical (unpaired) electrons. The lowest BCUT2D eigenvalue weighted by atomic mass is 9.49. The van der Waals surface area contributed by atoms with Crippen LogP contribution in [0.5, 0.6) is 5.75 Å². The number of benzene rings is 1. The van der Waals surface area contributed by atoms with Crippen LogP contribution in [0.2, 0.25) is 0 Å². The average Bonchev–Trinajstić information content (AvgIpc) is 3.34. The van der Waals surface area contributed by atoms with Crippen molar-refractivity contribution in [2.45, 2.75) is 50.4 Å². The Labute approximate surface area is 230 Å². The first-order valence-electron chi connectivity index (χ1n) is 13.3. The second kappa shape index (κ2) is 9.46. The summed E-state index contributed by atoms with van der Waals surface area (Å²) in [4.78, 5) is 68.1. The summed E-state index contributed by atoms with van der Waals surface area (Å²) in [7, 11) is 2.91. The number of nitrogens with one attached hydrogen (secondary N) is 1. The number of nitrogens with two attached hydrogens (primary N) is 1. The van der Waals surface area contributed by atoms with E-state index in [4.69, 9.17) is 5.73 Å². The van der Waals surface area contributed by atoms with Crippen molar-refractivity contribution in [3.63, 3.8) is 0 Å². The minimum absolute atomic E-state index is 0.144. The molecule has 4 aliphatic carbocycles. The second-order valence-electron chi connectivity index (χ2n) is 11.4. The van der Waals surface area contributed by atoms with Gasteiger partial charge in [-0.2, -0.15) is 0 Å². The molecular formula is C29H33N3O8. The number of primary amides is 1. The van der Waals surface area contributed by atoms with Gasteiger partial charge in [0.1, 0.15) is 5.75 Å². The first kappa shape index (κ1) is 27.9. The number of hydrogen-bond acceptors (Lipinski definition) is 10. The number of allylic oxidation sites excluding steroid dienone is 3. The van der Waals surface area contributed by atoms with Crippen LogP contribution in [0.15, 0.2) is 35.6 Å². The van der Waals surface area contributed by atoms with Crippen molar-refractivity contribution in [1.29, 1.82) is 0 Å². The van der Waals surface area contributed by atoms with Gasteiger partial charge < -0.3 is 26.4 Å². The lowest BCUT2D eigenvalue weighted by Crippen LogP contribution is -2.77. The molecule has 0 spiro atoms. The SMILES string of the molecule is CCC1=CC(Nc2ccc3c(c2O)C(=O)C2C(=O)[C@]4(O)C(=O)C(C(N)=O)C(=O)[C@@H](N(C)C)[C@@H]4[C@@H](O)[C@@H]2[C@H]3C)=CC1. The van der Waals surface area contributed by atoms with Gasteiger partial charge in [-0.05, 0) is 50.6 Å². The lowest BCUT2D eigenvalue weighted by Gasteiger charge is -2.56. The van der Waals surface area contributed by atoms with E-state index in [1.54, 1.807) is 19.1 Å². The highest BCUT2D eigenvalue weighted by molar-refractivity contribution is 6.32. The predicted octanol–water partition coefficient (Wildman–Crippen LogP) is 0.435.